The summed E-state index contributed by atoms with van der Waals surface area (Å²) in [6.45, 7) is 2.23. The van der Waals surface area contributed by atoms with Crippen molar-refractivity contribution in [2.24, 2.45) is 0 Å². The van der Waals surface area contributed by atoms with E-state index in [1.807, 2.05) is 37.3 Å². The quantitative estimate of drug-likeness (QED) is 0.210. The Morgan fingerprint density at radius 2 is 1.76 bits per heavy atom. The molecule has 1 amide bonds. The lowest BCUT2D eigenvalue weighted by molar-refractivity contribution is -0.132. The second-order valence-electron chi connectivity index (χ2n) is 8.69. The number of nitrogens with zero attached hydrogens (tertiary/aromatic N) is 2. The predicted octanol–water partition coefficient (Wildman–Crippen LogP) is 5.73. The molecule has 1 N–H and O–H groups in total. The lowest BCUT2D eigenvalue weighted by Gasteiger charge is -2.25. The molecule has 2 heterocycles. The number of aliphatic hydroxyl groups excluding tert-OH is 1. The third-order valence-corrected chi connectivity index (χ3v) is 6.23. The molecule has 1 atom stereocenters. The first-order valence-corrected chi connectivity index (χ1v) is 11.7. The van der Waals surface area contributed by atoms with Gasteiger partial charge in [-0.3, -0.25) is 19.5 Å². The number of aromatic nitrogens is 1. The summed E-state index contributed by atoms with van der Waals surface area (Å²) in [6.07, 6.45) is 3.11. The second-order valence-corrected chi connectivity index (χ2v) is 8.69. The van der Waals surface area contributed by atoms with Gasteiger partial charge in [-0.25, -0.2) is 4.39 Å². The fourth-order valence-corrected chi connectivity index (χ4v) is 4.40. The van der Waals surface area contributed by atoms with Crippen LogP contribution in [0.4, 0.5) is 10.1 Å². The first kappa shape index (κ1) is 23.9. The highest BCUT2D eigenvalue weighted by Crippen LogP contribution is 2.42. The smallest absolute Gasteiger partial charge is 0.300 e. The van der Waals surface area contributed by atoms with E-state index in [-0.39, 0.29) is 11.3 Å². The Morgan fingerprint density at radius 1 is 1.00 bits per heavy atom. The molecular weight excluding hydrogens is 471 g/mol. The SMILES string of the molecule is Cc1cc(/C(O)=C2/C(=O)C(=O)N(c3ccc(F)cc3)C2c2cccnc2)ccc1OCc1ccccc1. The van der Waals surface area contributed by atoms with Crippen molar-refractivity contribution in [1.82, 2.24) is 4.98 Å². The number of ether oxygens (including phenoxy) is 1. The van der Waals surface area contributed by atoms with Crippen molar-refractivity contribution in [3.63, 3.8) is 0 Å². The van der Waals surface area contributed by atoms with Crippen molar-refractivity contribution >= 4 is 23.1 Å². The minimum atomic E-state index is -0.937. The van der Waals surface area contributed by atoms with Crippen LogP contribution in [0.25, 0.3) is 5.76 Å². The Labute approximate surface area is 213 Å². The number of rotatable bonds is 6. The zero-order valence-electron chi connectivity index (χ0n) is 20.0. The average molecular weight is 495 g/mol. The summed E-state index contributed by atoms with van der Waals surface area (Å²) < 4.78 is 19.5. The largest absolute Gasteiger partial charge is 0.507 e. The second kappa shape index (κ2) is 10.1. The summed E-state index contributed by atoms with van der Waals surface area (Å²) >= 11 is 0. The van der Waals surface area contributed by atoms with Crippen LogP contribution in [-0.2, 0) is 16.2 Å². The van der Waals surface area contributed by atoms with E-state index in [0.717, 1.165) is 11.1 Å². The van der Waals surface area contributed by atoms with Gasteiger partial charge in [0.2, 0.25) is 0 Å². The predicted molar refractivity (Wildman–Crippen MR) is 137 cm³/mol. The van der Waals surface area contributed by atoms with Crippen molar-refractivity contribution in [2.75, 3.05) is 4.90 Å². The Bertz CT molecular complexity index is 1490. The highest BCUT2D eigenvalue weighted by molar-refractivity contribution is 6.51. The summed E-state index contributed by atoms with van der Waals surface area (Å²) in [7, 11) is 0. The number of aliphatic hydroxyl groups is 1. The molecule has 0 spiro atoms. The number of Topliss-reactive ketones (excluding diaryl/α,β-unsaturated/α-hetero) is 1. The van der Waals surface area contributed by atoms with E-state index in [1.165, 1.54) is 35.4 Å². The van der Waals surface area contributed by atoms with Gasteiger partial charge in [-0.05, 0) is 72.1 Å². The average Bonchev–Trinajstić information content (AvgIpc) is 3.19. The zero-order valence-corrected chi connectivity index (χ0v) is 20.0. The van der Waals surface area contributed by atoms with E-state index >= 15 is 0 Å². The maximum Gasteiger partial charge on any atom is 0.300 e. The molecule has 4 aromatic rings. The Morgan fingerprint density at radius 3 is 2.43 bits per heavy atom. The van der Waals surface area contributed by atoms with Crippen molar-refractivity contribution < 1.29 is 23.8 Å². The Balaban J connectivity index is 1.54. The minimum Gasteiger partial charge on any atom is -0.507 e. The lowest BCUT2D eigenvalue weighted by Crippen LogP contribution is -2.29. The van der Waals surface area contributed by atoms with Crippen LogP contribution in [0, 0.1) is 12.7 Å². The van der Waals surface area contributed by atoms with Crippen molar-refractivity contribution in [3.05, 3.63) is 131 Å². The molecular formula is C30H23FN2O4. The number of carbonyl (C=O) groups excluding carboxylic acids is 2. The Kier molecular flexibility index (Phi) is 6.51. The molecule has 1 aliphatic heterocycles. The van der Waals surface area contributed by atoms with E-state index in [1.54, 1.807) is 36.5 Å². The van der Waals surface area contributed by atoms with Crippen LogP contribution in [0.5, 0.6) is 5.75 Å². The molecule has 5 rings (SSSR count). The van der Waals surface area contributed by atoms with Crippen LogP contribution in [0.1, 0.15) is 28.3 Å². The van der Waals surface area contributed by atoms with Crippen LogP contribution in [0.15, 0.2) is 103 Å². The number of anilines is 1. The molecule has 37 heavy (non-hydrogen) atoms. The first-order chi connectivity index (χ1) is 17.9. The van der Waals surface area contributed by atoms with Gasteiger partial charge in [0.1, 0.15) is 23.9 Å². The van der Waals surface area contributed by atoms with Gasteiger partial charge >= 0.3 is 0 Å². The topological polar surface area (TPSA) is 79.7 Å². The molecule has 0 saturated carbocycles. The van der Waals surface area contributed by atoms with Gasteiger partial charge in [-0.15, -0.1) is 0 Å². The van der Waals surface area contributed by atoms with Crippen LogP contribution >= 0.6 is 0 Å². The first-order valence-electron chi connectivity index (χ1n) is 11.7. The third-order valence-electron chi connectivity index (χ3n) is 6.23. The molecule has 0 radical (unpaired) electrons. The zero-order chi connectivity index (χ0) is 25.9. The summed E-state index contributed by atoms with van der Waals surface area (Å²) in [5.74, 6) is -1.80. The number of hydrogen-bond donors (Lipinski definition) is 1. The molecule has 1 unspecified atom stereocenters. The third kappa shape index (κ3) is 4.71. The highest BCUT2D eigenvalue weighted by Gasteiger charge is 2.47. The summed E-state index contributed by atoms with van der Waals surface area (Å²) in [5.41, 5.74) is 2.94. The van der Waals surface area contributed by atoms with Crippen LogP contribution < -0.4 is 9.64 Å². The summed E-state index contributed by atoms with van der Waals surface area (Å²) in [5, 5.41) is 11.3. The van der Waals surface area contributed by atoms with Crippen molar-refractivity contribution in [2.45, 2.75) is 19.6 Å². The van der Waals surface area contributed by atoms with Crippen LogP contribution in [0.2, 0.25) is 0 Å². The number of amides is 1. The van der Waals surface area contributed by atoms with E-state index in [2.05, 4.69) is 4.98 Å². The lowest BCUT2D eigenvalue weighted by atomic mass is 9.95. The summed E-state index contributed by atoms with van der Waals surface area (Å²) in [6, 6.07) is 22.6. The molecule has 184 valence electrons. The minimum absolute atomic E-state index is 0.0697. The number of pyridine rings is 1. The molecule has 0 aliphatic carbocycles. The van der Waals surface area contributed by atoms with E-state index in [4.69, 9.17) is 4.74 Å². The monoisotopic (exact) mass is 494 g/mol. The van der Waals surface area contributed by atoms with Gasteiger partial charge in [0.05, 0.1) is 11.6 Å². The maximum absolute atomic E-state index is 13.6. The summed E-state index contributed by atoms with van der Waals surface area (Å²) in [4.78, 5) is 31.8. The number of benzene rings is 3. The molecule has 1 aliphatic rings. The molecule has 1 aromatic heterocycles. The van der Waals surface area contributed by atoms with Gasteiger partial charge < -0.3 is 9.84 Å². The van der Waals surface area contributed by atoms with Crippen LogP contribution in [0.3, 0.4) is 0 Å². The fraction of sp³-hybridized carbons (Fsp3) is 0.100. The molecule has 1 saturated heterocycles. The number of aryl methyl sites for hydroxylation is 1. The van der Waals surface area contributed by atoms with E-state index < -0.39 is 23.5 Å². The van der Waals surface area contributed by atoms with Crippen LogP contribution in [-0.4, -0.2) is 21.8 Å². The van der Waals surface area contributed by atoms with Crippen molar-refractivity contribution in [3.8, 4) is 5.75 Å². The van der Waals surface area contributed by atoms with Gasteiger partial charge in [0.15, 0.2) is 0 Å². The maximum atomic E-state index is 13.6. The van der Waals surface area contributed by atoms with E-state index in [9.17, 15) is 19.1 Å². The Hall–Kier alpha value is -4.78. The highest BCUT2D eigenvalue weighted by atomic mass is 19.1. The van der Waals surface area contributed by atoms with Crippen molar-refractivity contribution in [1.29, 1.82) is 0 Å². The molecule has 6 nitrogen and oxygen atoms in total. The number of carbonyl (C=O) groups is 2. The molecule has 0 bridgehead atoms. The normalized spacial score (nSPS) is 16.7. The molecule has 7 heteroatoms. The van der Waals surface area contributed by atoms with Gasteiger partial charge in [0, 0.05) is 23.6 Å². The van der Waals surface area contributed by atoms with Gasteiger partial charge in [-0.1, -0.05) is 36.4 Å². The van der Waals surface area contributed by atoms with Gasteiger partial charge in [0.25, 0.3) is 11.7 Å². The van der Waals surface area contributed by atoms with E-state index in [0.29, 0.717) is 29.2 Å². The van der Waals surface area contributed by atoms with Gasteiger partial charge in [-0.2, -0.15) is 0 Å². The number of ketones is 1. The number of halogens is 1. The number of hydrogen-bond acceptors (Lipinski definition) is 5. The fourth-order valence-electron chi connectivity index (χ4n) is 4.40. The standard InChI is InChI=1S/C30H23FN2O4/c1-19-16-21(9-14-25(19)37-18-20-6-3-2-4-7-20)28(34)26-27(22-8-5-15-32-17-22)33(30(36)29(26)35)24-12-10-23(31)11-13-24/h2-17,27,34H,18H2,1H3/b28-26-. The molecule has 3 aromatic carbocycles. The molecule has 1 fully saturated rings.